The minimum atomic E-state index is 0.0583. The molecular weight excluding hydrogens is 206 g/mol. The van der Waals surface area contributed by atoms with Gasteiger partial charge in [-0.3, -0.25) is 4.68 Å². The summed E-state index contributed by atoms with van der Waals surface area (Å²) in [4.78, 5) is 1.26. The molecule has 0 saturated heterocycles. The lowest BCUT2D eigenvalue weighted by molar-refractivity contribution is 0.458. The van der Waals surface area contributed by atoms with Gasteiger partial charge in [-0.15, -0.1) is 11.3 Å². The highest BCUT2D eigenvalue weighted by Gasteiger charge is 2.19. The molecule has 0 aliphatic heterocycles. The van der Waals surface area contributed by atoms with Gasteiger partial charge >= 0.3 is 0 Å². The quantitative estimate of drug-likeness (QED) is 0.863. The number of hydrogen-bond acceptors (Lipinski definition) is 3. The molecule has 0 aliphatic carbocycles. The largest absolute Gasteiger partial charge is 0.326 e. The molecule has 2 N–H and O–H groups in total. The van der Waals surface area contributed by atoms with Crippen LogP contribution in [0.3, 0.4) is 0 Å². The first-order valence-electron chi connectivity index (χ1n) is 4.99. The second kappa shape index (κ2) is 4.16. The number of hydrogen-bond donors (Lipinski definition) is 1. The van der Waals surface area contributed by atoms with Gasteiger partial charge in [0, 0.05) is 17.1 Å². The molecule has 2 unspecified atom stereocenters. The summed E-state index contributed by atoms with van der Waals surface area (Å²) in [6, 6.07) is 6.37. The summed E-state index contributed by atoms with van der Waals surface area (Å²) in [6.45, 7) is 4.00. The van der Waals surface area contributed by atoms with Gasteiger partial charge in [-0.2, -0.15) is 5.10 Å². The highest BCUT2D eigenvalue weighted by Crippen LogP contribution is 2.24. The van der Waals surface area contributed by atoms with Crippen LogP contribution in [0.4, 0.5) is 0 Å². The van der Waals surface area contributed by atoms with Crippen LogP contribution in [0.25, 0.3) is 0 Å². The topological polar surface area (TPSA) is 43.8 Å². The zero-order valence-corrected chi connectivity index (χ0v) is 9.74. The summed E-state index contributed by atoms with van der Waals surface area (Å²) in [5, 5.41) is 6.50. The standard InChI is InChI=1S/C11H15N3S/c1-8-5-6-14(13-8)11(9(2)12)10-4-3-7-15-10/h3-7,9,11H,12H2,1-2H3. The maximum absolute atomic E-state index is 6.01. The van der Waals surface area contributed by atoms with Crippen LogP contribution < -0.4 is 5.73 Å². The van der Waals surface area contributed by atoms with E-state index in [2.05, 4.69) is 16.5 Å². The lowest BCUT2D eigenvalue weighted by Gasteiger charge is -2.19. The van der Waals surface area contributed by atoms with Gasteiger partial charge in [0.2, 0.25) is 0 Å². The molecule has 0 spiro atoms. The lowest BCUT2D eigenvalue weighted by atomic mass is 10.1. The Morgan fingerprint density at radius 2 is 2.27 bits per heavy atom. The predicted octanol–water partition coefficient (Wildman–Crippen LogP) is 2.19. The molecule has 2 rings (SSSR count). The molecule has 2 aromatic rings. The first-order valence-corrected chi connectivity index (χ1v) is 5.87. The molecule has 0 amide bonds. The second-order valence-corrected chi connectivity index (χ2v) is 4.74. The fourth-order valence-electron chi connectivity index (χ4n) is 1.68. The van der Waals surface area contributed by atoms with Gasteiger partial charge in [0.15, 0.2) is 0 Å². The Morgan fingerprint density at radius 1 is 1.47 bits per heavy atom. The van der Waals surface area contributed by atoms with Crippen molar-refractivity contribution >= 4 is 11.3 Å². The van der Waals surface area contributed by atoms with E-state index in [4.69, 9.17) is 5.73 Å². The van der Waals surface area contributed by atoms with Crippen LogP contribution >= 0.6 is 11.3 Å². The molecule has 0 fully saturated rings. The van der Waals surface area contributed by atoms with Gasteiger partial charge in [0.1, 0.15) is 6.04 Å². The van der Waals surface area contributed by atoms with Gasteiger partial charge in [-0.1, -0.05) is 6.07 Å². The normalized spacial score (nSPS) is 15.1. The van der Waals surface area contributed by atoms with E-state index in [0.717, 1.165) is 5.69 Å². The third-order valence-electron chi connectivity index (χ3n) is 2.36. The van der Waals surface area contributed by atoms with E-state index in [1.165, 1.54) is 4.88 Å². The number of aryl methyl sites for hydroxylation is 1. The van der Waals surface area contributed by atoms with Crippen LogP contribution in [-0.4, -0.2) is 15.8 Å². The molecule has 3 nitrogen and oxygen atoms in total. The van der Waals surface area contributed by atoms with Crippen molar-refractivity contribution in [2.75, 3.05) is 0 Å². The van der Waals surface area contributed by atoms with Crippen molar-refractivity contribution in [2.45, 2.75) is 25.9 Å². The molecule has 0 radical (unpaired) electrons. The van der Waals surface area contributed by atoms with Crippen LogP contribution in [-0.2, 0) is 0 Å². The third-order valence-corrected chi connectivity index (χ3v) is 3.30. The SMILES string of the molecule is Cc1ccn(C(c2cccs2)C(C)N)n1. The van der Waals surface area contributed by atoms with Crippen molar-refractivity contribution in [3.8, 4) is 0 Å². The van der Waals surface area contributed by atoms with E-state index in [9.17, 15) is 0 Å². The molecule has 2 heterocycles. The summed E-state index contributed by atoms with van der Waals surface area (Å²) >= 11 is 1.72. The Balaban J connectivity index is 2.36. The van der Waals surface area contributed by atoms with E-state index in [0.29, 0.717) is 0 Å². The molecule has 0 aliphatic rings. The van der Waals surface area contributed by atoms with Crippen molar-refractivity contribution in [3.63, 3.8) is 0 Å². The van der Waals surface area contributed by atoms with Crippen molar-refractivity contribution < 1.29 is 0 Å². The second-order valence-electron chi connectivity index (χ2n) is 3.76. The van der Waals surface area contributed by atoms with Crippen LogP contribution in [0, 0.1) is 6.92 Å². The highest BCUT2D eigenvalue weighted by atomic mass is 32.1. The van der Waals surface area contributed by atoms with Crippen molar-refractivity contribution in [2.24, 2.45) is 5.73 Å². The van der Waals surface area contributed by atoms with E-state index in [1.807, 2.05) is 36.9 Å². The van der Waals surface area contributed by atoms with Crippen molar-refractivity contribution in [1.29, 1.82) is 0 Å². The average molecular weight is 221 g/mol. The predicted molar refractivity (Wildman–Crippen MR) is 63.1 cm³/mol. The van der Waals surface area contributed by atoms with Crippen LogP contribution in [0.1, 0.15) is 23.5 Å². The number of rotatable bonds is 3. The van der Waals surface area contributed by atoms with Gasteiger partial charge in [-0.25, -0.2) is 0 Å². The van der Waals surface area contributed by atoms with Crippen molar-refractivity contribution in [1.82, 2.24) is 9.78 Å². The van der Waals surface area contributed by atoms with E-state index in [-0.39, 0.29) is 12.1 Å². The summed E-state index contributed by atoms with van der Waals surface area (Å²) in [5.74, 6) is 0. The molecule has 0 saturated carbocycles. The molecular formula is C11H15N3S. The summed E-state index contributed by atoms with van der Waals surface area (Å²) in [7, 11) is 0. The van der Waals surface area contributed by atoms with Gasteiger partial charge in [-0.05, 0) is 31.4 Å². The van der Waals surface area contributed by atoms with E-state index >= 15 is 0 Å². The molecule has 2 atom stereocenters. The third kappa shape index (κ3) is 2.11. The summed E-state index contributed by atoms with van der Waals surface area (Å²) in [6.07, 6.45) is 1.99. The number of thiophene rings is 1. The maximum Gasteiger partial charge on any atom is 0.101 e. The Hall–Kier alpha value is -1.13. The number of nitrogens with zero attached hydrogens (tertiary/aromatic N) is 2. The van der Waals surface area contributed by atoms with E-state index < -0.39 is 0 Å². The van der Waals surface area contributed by atoms with Crippen LogP contribution in [0.2, 0.25) is 0 Å². The van der Waals surface area contributed by atoms with Crippen molar-refractivity contribution in [3.05, 3.63) is 40.3 Å². The Morgan fingerprint density at radius 3 is 2.73 bits per heavy atom. The summed E-state index contributed by atoms with van der Waals surface area (Å²) < 4.78 is 1.95. The molecule has 0 bridgehead atoms. The first kappa shape index (κ1) is 10.4. The maximum atomic E-state index is 6.01. The number of nitrogens with two attached hydrogens (primary N) is 1. The molecule has 0 aromatic carbocycles. The molecule has 2 aromatic heterocycles. The highest BCUT2D eigenvalue weighted by molar-refractivity contribution is 7.10. The Bertz CT molecular complexity index is 417. The van der Waals surface area contributed by atoms with E-state index in [1.54, 1.807) is 11.3 Å². The number of aromatic nitrogens is 2. The smallest absolute Gasteiger partial charge is 0.101 e. The minimum Gasteiger partial charge on any atom is -0.326 e. The molecule has 15 heavy (non-hydrogen) atoms. The van der Waals surface area contributed by atoms with Crippen LogP contribution in [0.5, 0.6) is 0 Å². The molecule has 80 valence electrons. The summed E-state index contributed by atoms with van der Waals surface area (Å²) in [5.41, 5.74) is 7.04. The fourth-order valence-corrected chi connectivity index (χ4v) is 2.61. The monoisotopic (exact) mass is 221 g/mol. The Labute approximate surface area is 93.5 Å². The van der Waals surface area contributed by atoms with Crippen LogP contribution in [0.15, 0.2) is 29.8 Å². The van der Waals surface area contributed by atoms with Gasteiger partial charge in [0.05, 0.1) is 5.69 Å². The first-order chi connectivity index (χ1) is 7.18. The fraction of sp³-hybridized carbons (Fsp3) is 0.364. The van der Waals surface area contributed by atoms with Gasteiger partial charge in [0.25, 0.3) is 0 Å². The van der Waals surface area contributed by atoms with Gasteiger partial charge < -0.3 is 5.73 Å². The molecule has 4 heteroatoms. The lowest BCUT2D eigenvalue weighted by Crippen LogP contribution is -2.30. The zero-order valence-electron chi connectivity index (χ0n) is 8.92. The zero-order chi connectivity index (χ0) is 10.8. The Kier molecular flexibility index (Phi) is 2.88. The minimum absolute atomic E-state index is 0.0583. The average Bonchev–Trinajstić information content (AvgIpc) is 2.77.